The minimum absolute atomic E-state index is 0.194. The Morgan fingerprint density at radius 1 is 1.38 bits per heavy atom. The summed E-state index contributed by atoms with van der Waals surface area (Å²) in [6.45, 7) is 0. The number of nitrogens with zero attached hydrogens (tertiary/aromatic N) is 2. The molecule has 0 amide bonds. The van der Waals surface area contributed by atoms with Crippen LogP contribution in [0.25, 0.3) is 10.6 Å². The number of benzene rings is 1. The molecule has 0 spiro atoms. The minimum Gasteiger partial charge on any atom is -0.240 e. The summed E-state index contributed by atoms with van der Waals surface area (Å²) in [7, 11) is 0. The van der Waals surface area contributed by atoms with E-state index in [1.54, 1.807) is 5.38 Å². The molecule has 2 nitrogen and oxygen atoms in total. The van der Waals surface area contributed by atoms with E-state index in [9.17, 15) is 8.78 Å². The zero-order chi connectivity index (χ0) is 11.5. The second-order valence-electron chi connectivity index (χ2n) is 3.10. The first kappa shape index (κ1) is 10.7. The largest absolute Gasteiger partial charge is 0.240 e. The molecule has 16 heavy (non-hydrogen) atoms. The monoisotopic (exact) mass is 236 g/mol. The Morgan fingerprint density at radius 3 is 2.88 bits per heavy atom. The molecule has 0 fully saturated rings. The van der Waals surface area contributed by atoms with Gasteiger partial charge in [-0.15, -0.1) is 11.3 Å². The van der Waals surface area contributed by atoms with E-state index >= 15 is 0 Å². The van der Waals surface area contributed by atoms with E-state index in [4.69, 9.17) is 5.26 Å². The molecule has 0 radical (unpaired) electrons. The van der Waals surface area contributed by atoms with Crippen LogP contribution in [0.2, 0.25) is 0 Å². The van der Waals surface area contributed by atoms with Gasteiger partial charge in [0.25, 0.3) is 0 Å². The van der Waals surface area contributed by atoms with Crippen LogP contribution in [0.3, 0.4) is 0 Å². The smallest absolute Gasteiger partial charge is 0.136 e. The highest BCUT2D eigenvalue weighted by Crippen LogP contribution is 2.26. The van der Waals surface area contributed by atoms with Crippen LogP contribution >= 0.6 is 11.3 Å². The van der Waals surface area contributed by atoms with Gasteiger partial charge in [-0.2, -0.15) is 5.26 Å². The summed E-state index contributed by atoms with van der Waals surface area (Å²) in [6, 6.07) is 5.31. The van der Waals surface area contributed by atoms with Gasteiger partial charge >= 0.3 is 0 Å². The quantitative estimate of drug-likeness (QED) is 0.803. The van der Waals surface area contributed by atoms with Crippen molar-refractivity contribution in [1.82, 2.24) is 4.98 Å². The number of hydrogen-bond acceptors (Lipinski definition) is 3. The average Bonchev–Trinajstić information content (AvgIpc) is 2.67. The minimum atomic E-state index is -0.641. The highest BCUT2D eigenvalue weighted by atomic mass is 32.1. The van der Waals surface area contributed by atoms with Crippen molar-refractivity contribution in [1.29, 1.82) is 5.26 Å². The summed E-state index contributed by atoms with van der Waals surface area (Å²) in [4.78, 5) is 4.09. The fraction of sp³-hybridized carbons (Fsp3) is 0.0909. The Kier molecular flexibility index (Phi) is 2.93. The Labute approximate surface area is 94.8 Å². The molecule has 0 unspecified atom stereocenters. The Morgan fingerprint density at radius 2 is 2.19 bits per heavy atom. The zero-order valence-electron chi connectivity index (χ0n) is 8.08. The molecule has 0 aliphatic heterocycles. The molecule has 0 atom stereocenters. The lowest BCUT2D eigenvalue weighted by atomic mass is 10.2. The number of halogens is 2. The van der Waals surface area contributed by atoms with E-state index in [0.717, 1.165) is 6.07 Å². The summed E-state index contributed by atoms with van der Waals surface area (Å²) >= 11 is 1.24. The van der Waals surface area contributed by atoms with E-state index in [2.05, 4.69) is 4.98 Å². The number of thiazole rings is 1. The van der Waals surface area contributed by atoms with Crippen LogP contribution in [-0.2, 0) is 6.42 Å². The second-order valence-corrected chi connectivity index (χ2v) is 3.96. The SMILES string of the molecule is N#CCc1csc(-c2ccc(F)cc2F)n1. The molecular weight excluding hydrogens is 230 g/mol. The van der Waals surface area contributed by atoms with Crippen LogP contribution in [0.15, 0.2) is 23.6 Å². The van der Waals surface area contributed by atoms with Crippen molar-refractivity contribution in [2.24, 2.45) is 0 Å². The fourth-order valence-electron chi connectivity index (χ4n) is 1.26. The molecule has 0 aliphatic carbocycles. The van der Waals surface area contributed by atoms with Crippen molar-refractivity contribution in [3.63, 3.8) is 0 Å². The topological polar surface area (TPSA) is 36.7 Å². The van der Waals surface area contributed by atoms with Crippen LogP contribution in [0, 0.1) is 23.0 Å². The third kappa shape index (κ3) is 2.07. The molecule has 1 aromatic heterocycles. The number of aromatic nitrogens is 1. The Hall–Kier alpha value is -1.80. The summed E-state index contributed by atoms with van der Waals surface area (Å²) in [5.74, 6) is -1.26. The lowest BCUT2D eigenvalue weighted by Gasteiger charge is -1.98. The van der Waals surface area contributed by atoms with Gasteiger partial charge in [0.05, 0.1) is 18.2 Å². The Bertz CT molecular complexity index is 557. The van der Waals surface area contributed by atoms with Crippen molar-refractivity contribution >= 4 is 11.3 Å². The predicted molar refractivity (Wildman–Crippen MR) is 56.8 cm³/mol. The molecule has 0 aliphatic rings. The van der Waals surface area contributed by atoms with Gasteiger partial charge in [0.15, 0.2) is 0 Å². The van der Waals surface area contributed by atoms with Crippen molar-refractivity contribution in [3.05, 3.63) is 40.9 Å². The van der Waals surface area contributed by atoms with Crippen LogP contribution < -0.4 is 0 Å². The van der Waals surface area contributed by atoms with Crippen LogP contribution in [-0.4, -0.2) is 4.98 Å². The van der Waals surface area contributed by atoms with Gasteiger partial charge in [-0.25, -0.2) is 13.8 Å². The normalized spacial score (nSPS) is 10.1. The molecule has 0 saturated carbocycles. The number of hydrogen-bond donors (Lipinski definition) is 0. The molecule has 0 saturated heterocycles. The highest BCUT2D eigenvalue weighted by molar-refractivity contribution is 7.13. The van der Waals surface area contributed by atoms with Crippen molar-refractivity contribution in [2.75, 3.05) is 0 Å². The van der Waals surface area contributed by atoms with Crippen LogP contribution in [0.1, 0.15) is 5.69 Å². The maximum atomic E-state index is 13.4. The first-order chi connectivity index (χ1) is 7.70. The summed E-state index contributed by atoms with van der Waals surface area (Å²) in [5, 5.41) is 10.6. The molecule has 2 rings (SSSR count). The molecule has 2 aromatic rings. The fourth-order valence-corrected chi connectivity index (χ4v) is 2.10. The predicted octanol–water partition coefficient (Wildman–Crippen LogP) is 3.15. The maximum Gasteiger partial charge on any atom is 0.136 e. The first-order valence-electron chi connectivity index (χ1n) is 4.47. The third-order valence-electron chi connectivity index (χ3n) is 1.97. The molecule has 0 bridgehead atoms. The van der Waals surface area contributed by atoms with Crippen LogP contribution in [0.4, 0.5) is 8.78 Å². The van der Waals surface area contributed by atoms with Crippen molar-refractivity contribution in [3.8, 4) is 16.6 Å². The molecule has 0 N–H and O–H groups in total. The van der Waals surface area contributed by atoms with E-state index in [-0.39, 0.29) is 12.0 Å². The van der Waals surface area contributed by atoms with Crippen molar-refractivity contribution < 1.29 is 8.78 Å². The third-order valence-corrected chi connectivity index (χ3v) is 2.90. The molecular formula is C11H6F2N2S. The molecule has 1 heterocycles. The number of rotatable bonds is 2. The van der Waals surface area contributed by atoms with E-state index in [1.165, 1.54) is 23.5 Å². The second kappa shape index (κ2) is 4.37. The van der Waals surface area contributed by atoms with Gasteiger partial charge < -0.3 is 0 Å². The summed E-state index contributed by atoms with van der Waals surface area (Å²) in [5.41, 5.74) is 0.863. The van der Waals surface area contributed by atoms with E-state index in [1.807, 2.05) is 6.07 Å². The maximum absolute atomic E-state index is 13.4. The van der Waals surface area contributed by atoms with Gasteiger partial charge in [-0.3, -0.25) is 0 Å². The molecule has 1 aromatic carbocycles. The zero-order valence-corrected chi connectivity index (χ0v) is 8.89. The van der Waals surface area contributed by atoms with Crippen LogP contribution in [0.5, 0.6) is 0 Å². The molecule has 5 heteroatoms. The van der Waals surface area contributed by atoms with E-state index in [0.29, 0.717) is 10.7 Å². The van der Waals surface area contributed by atoms with Gasteiger partial charge in [-0.1, -0.05) is 0 Å². The van der Waals surface area contributed by atoms with Gasteiger partial charge in [0.1, 0.15) is 16.6 Å². The lowest BCUT2D eigenvalue weighted by molar-refractivity contribution is 0.585. The Balaban J connectivity index is 2.39. The highest BCUT2D eigenvalue weighted by Gasteiger charge is 2.10. The van der Waals surface area contributed by atoms with Crippen molar-refractivity contribution in [2.45, 2.75) is 6.42 Å². The standard InChI is InChI=1S/C11H6F2N2S/c12-7-1-2-9(10(13)5-7)11-15-8(3-4-14)6-16-11/h1-2,5-6H,3H2. The average molecular weight is 236 g/mol. The van der Waals surface area contributed by atoms with E-state index < -0.39 is 11.6 Å². The summed E-state index contributed by atoms with van der Waals surface area (Å²) in [6.07, 6.45) is 0.194. The first-order valence-corrected chi connectivity index (χ1v) is 5.35. The van der Waals surface area contributed by atoms with Gasteiger partial charge in [0.2, 0.25) is 0 Å². The lowest BCUT2D eigenvalue weighted by Crippen LogP contribution is -1.87. The number of nitriles is 1. The van der Waals surface area contributed by atoms with Gasteiger partial charge in [-0.05, 0) is 12.1 Å². The van der Waals surface area contributed by atoms with Gasteiger partial charge in [0, 0.05) is 17.0 Å². The summed E-state index contributed by atoms with van der Waals surface area (Å²) < 4.78 is 26.1. The molecule has 80 valence electrons.